The van der Waals surface area contributed by atoms with Crippen LogP contribution in [0.15, 0.2) is 107 Å². The maximum atomic E-state index is 12.6. The molecule has 0 aliphatic heterocycles. The number of nitrogens with one attached hydrogen (secondary N) is 4. The average Bonchev–Trinajstić information content (AvgIpc) is 3.10. The minimum Gasteiger partial charge on any atom is -0.494 e. The van der Waals surface area contributed by atoms with E-state index < -0.39 is 20.0 Å². The molecule has 0 atom stereocenters. The Balaban J connectivity index is 1.05. The highest BCUT2D eigenvalue weighted by molar-refractivity contribution is 7.89. The molecule has 0 aromatic heterocycles. The van der Waals surface area contributed by atoms with Crippen molar-refractivity contribution in [3.05, 3.63) is 119 Å². The van der Waals surface area contributed by atoms with Crippen LogP contribution in [0, 0.1) is 10.8 Å². The topological polar surface area (TPSA) is 211 Å². The summed E-state index contributed by atoms with van der Waals surface area (Å²) < 4.78 is 67.1. The van der Waals surface area contributed by atoms with Crippen LogP contribution in [0.4, 0.5) is 0 Å². The number of unbranched alkanes of at least 4 members (excludes halogenated alkanes) is 4. The molecule has 260 valence electrons. The van der Waals surface area contributed by atoms with Crippen molar-refractivity contribution in [3.63, 3.8) is 0 Å². The van der Waals surface area contributed by atoms with Crippen LogP contribution >= 0.6 is 0 Å². The van der Waals surface area contributed by atoms with Gasteiger partial charge in [0.2, 0.25) is 20.0 Å². The smallest absolute Gasteiger partial charge is 0.240 e. The highest BCUT2D eigenvalue weighted by Crippen LogP contribution is 2.17. The van der Waals surface area contributed by atoms with Gasteiger partial charge in [-0.1, -0.05) is 43.5 Å². The molecule has 4 rings (SSSR count). The minimum absolute atomic E-state index is 0.106. The van der Waals surface area contributed by atoms with Crippen LogP contribution in [-0.2, 0) is 33.1 Å². The number of amidine groups is 2. The van der Waals surface area contributed by atoms with Crippen molar-refractivity contribution in [2.75, 3.05) is 13.2 Å². The fourth-order valence-electron chi connectivity index (χ4n) is 4.67. The highest BCUT2D eigenvalue weighted by Gasteiger charge is 2.15. The fourth-order valence-corrected chi connectivity index (χ4v) is 6.71. The van der Waals surface area contributed by atoms with Gasteiger partial charge in [0.25, 0.3) is 0 Å². The second kappa shape index (κ2) is 17.6. The normalized spacial score (nSPS) is 11.6. The molecule has 0 aliphatic rings. The van der Waals surface area contributed by atoms with Gasteiger partial charge in [-0.15, -0.1) is 0 Å². The van der Waals surface area contributed by atoms with Crippen LogP contribution in [0.2, 0.25) is 0 Å². The van der Waals surface area contributed by atoms with Crippen LogP contribution in [-0.4, -0.2) is 41.7 Å². The summed E-state index contributed by atoms with van der Waals surface area (Å²) in [7, 11) is -7.40. The Kier molecular flexibility index (Phi) is 13.3. The first kappa shape index (κ1) is 37.1. The van der Waals surface area contributed by atoms with Crippen molar-refractivity contribution in [2.45, 2.75) is 55.0 Å². The number of nitrogen functional groups attached to an aromatic ring is 2. The molecular weight excluding hydrogens is 665 g/mol. The van der Waals surface area contributed by atoms with Gasteiger partial charge < -0.3 is 20.9 Å². The van der Waals surface area contributed by atoms with Crippen LogP contribution in [0.3, 0.4) is 0 Å². The molecule has 49 heavy (non-hydrogen) atoms. The lowest BCUT2D eigenvalue weighted by Crippen LogP contribution is -2.23. The number of hydrogen-bond donors (Lipinski definition) is 6. The summed E-state index contributed by atoms with van der Waals surface area (Å²) in [6.07, 6.45) is 4.94. The van der Waals surface area contributed by atoms with Gasteiger partial charge in [0.1, 0.15) is 23.2 Å². The Morgan fingerprint density at radius 2 is 0.837 bits per heavy atom. The van der Waals surface area contributed by atoms with Crippen LogP contribution < -0.4 is 30.4 Å². The molecule has 0 heterocycles. The molecule has 0 radical (unpaired) electrons. The van der Waals surface area contributed by atoms with E-state index >= 15 is 0 Å². The van der Waals surface area contributed by atoms with Gasteiger partial charge in [0, 0.05) is 24.2 Å². The average molecular weight is 707 g/mol. The van der Waals surface area contributed by atoms with Gasteiger partial charge in [-0.05, 0) is 96.8 Å². The largest absolute Gasteiger partial charge is 0.494 e. The van der Waals surface area contributed by atoms with Gasteiger partial charge in [0.15, 0.2) is 0 Å². The lowest BCUT2D eigenvalue weighted by atomic mass is 10.1. The van der Waals surface area contributed by atoms with Crippen molar-refractivity contribution < 1.29 is 26.3 Å². The summed E-state index contributed by atoms with van der Waals surface area (Å²) in [5.41, 5.74) is 13.4. The Hall–Kier alpha value is -4.76. The summed E-state index contributed by atoms with van der Waals surface area (Å²) >= 11 is 0. The molecule has 12 nitrogen and oxygen atoms in total. The zero-order valence-corrected chi connectivity index (χ0v) is 28.7. The van der Waals surface area contributed by atoms with Gasteiger partial charge in [-0.3, -0.25) is 10.8 Å². The zero-order valence-electron chi connectivity index (χ0n) is 27.0. The third-order valence-electron chi connectivity index (χ3n) is 7.56. The number of nitrogens with two attached hydrogens (primary N) is 2. The second-order valence-corrected chi connectivity index (χ2v) is 14.8. The Bertz CT molecular complexity index is 1760. The summed E-state index contributed by atoms with van der Waals surface area (Å²) in [4.78, 5) is 0.213. The minimum atomic E-state index is -3.70. The number of ether oxygens (including phenoxy) is 2. The molecule has 0 bridgehead atoms. The number of rotatable bonds is 20. The summed E-state index contributed by atoms with van der Waals surface area (Å²) in [5, 5.41) is 14.8. The maximum absolute atomic E-state index is 12.6. The second-order valence-electron chi connectivity index (χ2n) is 11.3. The zero-order chi connectivity index (χ0) is 35.3. The van der Waals surface area contributed by atoms with E-state index in [0.29, 0.717) is 24.3 Å². The van der Waals surface area contributed by atoms with Crippen molar-refractivity contribution in [1.82, 2.24) is 9.44 Å². The Labute approximate surface area is 288 Å². The predicted octanol–water partition coefficient (Wildman–Crippen LogP) is 4.62. The molecule has 14 heteroatoms. The van der Waals surface area contributed by atoms with E-state index in [1.54, 1.807) is 0 Å². The summed E-state index contributed by atoms with van der Waals surface area (Å²) in [5.74, 6) is 1.21. The molecule has 0 amide bonds. The van der Waals surface area contributed by atoms with Crippen molar-refractivity contribution in [2.24, 2.45) is 11.5 Å². The monoisotopic (exact) mass is 706 g/mol. The molecule has 0 saturated carbocycles. The maximum Gasteiger partial charge on any atom is 0.240 e. The molecule has 0 spiro atoms. The predicted molar refractivity (Wildman–Crippen MR) is 190 cm³/mol. The van der Waals surface area contributed by atoms with E-state index in [1.165, 1.54) is 48.5 Å². The number of benzene rings is 4. The third kappa shape index (κ3) is 11.7. The van der Waals surface area contributed by atoms with Crippen LogP contribution in [0.25, 0.3) is 0 Å². The van der Waals surface area contributed by atoms with E-state index in [2.05, 4.69) is 9.44 Å². The first-order valence-corrected chi connectivity index (χ1v) is 18.7. The molecule has 0 unspecified atom stereocenters. The molecule has 0 fully saturated rings. The van der Waals surface area contributed by atoms with E-state index in [0.717, 1.165) is 54.7 Å². The lowest BCUT2D eigenvalue weighted by molar-refractivity contribution is 0.293. The van der Waals surface area contributed by atoms with E-state index in [-0.39, 0.29) is 34.6 Å². The van der Waals surface area contributed by atoms with Crippen molar-refractivity contribution in [1.29, 1.82) is 10.8 Å². The fraction of sp³-hybridized carbons (Fsp3) is 0.257. The first-order chi connectivity index (χ1) is 23.4. The SMILES string of the molecule is N=C(N)c1ccc(S(=O)(=O)NCc2ccc(OCCCCCCCOc3ccc(CNS(=O)(=O)c4ccc(C(=N)N)cc4)cc3)cc2)cc1. The molecule has 8 N–H and O–H groups in total. The van der Waals surface area contributed by atoms with Crippen molar-refractivity contribution in [3.8, 4) is 11.5 Å². The summed E-state index contributed by atoms with van der Waals surface area (Å²) in [6, 6.07) is 26.3. The van der Waals surface area contributed by atoms with E-state index in [4.69, 9.17) is 31.8 Å². The number of sulfonamides is 2. The third-order valence-corrected chi connectivity index (χ3v) is 10.4. The highest BCUT2D eigenvalue weighted by atomic mass is 32.2. The van der Waals surface area contributed by atoms with Crippen LogP contribution in [0.5, 0.6) is 11.5 Å². The van der Waals surface area contributed by atoms with Gasteiger partial charge in [-0.2, -0.15) is 0 Å². The lowest BCUT2D eigenvalue weighted by Gasteiger charge is -2.10. The van der Waals surface area contributed by atoms with E-state index in [1.807, 2.05) is 48.5 Å². The number of hydrogen-bond acceptors (Lipinski definition) is 8. The molecule has 0 saturated heterocycles. The Morgan fingerprint density at radius 1 is 0.510 bits per heavy atom. The summed E-state index contributed by atoms with van der Waals surface area (Å²) in [6.45, 7) is 1.45. The van der Waals surface area contributed by atoms with Gasteiger partial charge in [0.05, 0.1) is 23.0 Å². The standard InChI is InChI=1S/C35H42N6O6S2/c36-34(37)28-10-18-32(19-11-28)48(42,43)40-24-26-6-14-30(15-7-26)46-22-4-2-1-3-5-23-47-31-16-8-27(9-17-31)25-41-49(44,45)33-20-12-29(13-21-33)35(38)39/h6-21,40-41H,1-5,22-25H2,(H3,36,37)(H3,38,39). The molecule has 4 aromatic rings. The molecular formula is C35H42N6O6S2. The first-order valence-electron chi connectivity index (χ1n) is 15.7. The molecule has 4 aromatic carbocycles. The van der Waals surface area contributed by atoms with Crippen LogP contribution in [0.1, 0.15) is 54.4 Å². The molecule has 0 aliphatic carbocycles. The Morgan fingerprint density at radius 3 is 1.16 bits per heavy atom. The van der Waals surface area contributed by atoms with Crippen molar-refractivity contribution >= 4 is 31.7 Å². The van der Waals surface area contributed by atoms with Gasteiger partial charge >= 0.3 is 0 Å². The van der Waals surface area contributed by atoms with Gasteiger partial charge in [-0.25, -0.2) is 26.3 Å². The quantitative estimate of drug-likeness (QED) is 0.0433. The van der Waals surface area contributed by atoms with E-state index in [9.17, 15) is 16.8 Å².